The molecule has 0 radical (unpaired) electrons. The number of amides is 1. The molecule has 0 saturated heterocycles. The second-order valence-electron chi connectivity index (χ2n) is 6.11. The highest BCUT2D eigenvalue weighted by atomic mass is 19.1. The number of aryl methyl sites for hydroxylation is 2. The number of carbonyl (C=O) groups is 1. The summed E-state index contributed by atoms with van der Waals surface area (Å²) >= 11 is 0. The Labute approximate surface area is 150 Å². The van der Waals surface area contributed by atoms with Crippen molar-refractivity contribution in [2.24, 2.45) is 0 Å². The number of hydrogen-bond donors (Lipinski definition) is 1. The summed E-state index contributed by atoms with van der Waals surface area (Å²) in [5.74, 6) is -0.607. The monoisotopic (exact) mass is 356 g/mol. The minimum Gasteiger partial charge on any atom is -0.351 e. The molecule has 0 fully saturated rings. The van der Waals surface area contributed by atoms with Crippen molar-refractivity contribution in [3.8, 4) is 0 Å². The summed E-state index contributed by atoms with van der Waals surface area (Å²) in [4.78, 5) is 12.2. The largest absolute Gasteiger partial charge is 0.351 e. The molecule has 0 spiro atoms. The van der Waals surface area contributed by atoms with E-state index in [0.717, 1.165) is 18.7 Å². The molecule has 1 amide bonds. The summed E-state index contributed by atoms with van der Waals surface area (Å²) in [6.07, 6.45) is 4.20. The Morgan fingerprint density at radius 3 is 2.85 bits per heavy atom. The van der Waals surface area contributed by atoms with Crippen molar-refractivity contribution in [3.63, 3.8) is 0 Å². The van der Waals surface area contributed by atoms with Crippen LogP contribution in [0.2, 0.25) is 0 Å². The van der Waals surface area contributed by atoms with Gasteiger partial charge in [0.05, 0.1) is 17.9 Å². The van der Waals surface area contributed by atoms with Gasteiger partial charge in [-0.25, -0.2) is 9.07 Å². The van der Waals surface area contributed by atoms with Gasteiger partial charge in [-0.05, 0) is 32.4 Å². The molecular weight excluding hydrogens is 335 g/mol. The first kappa shape index (κ1) is 17.8. The van der Waals surface area contributed by atoms with Crippen molar-refractivity contribution in [3.05, 3.63) is 65.5 Å². The first-order chi connectivity index (χ1) is 12.5. The van der Waals surface area contributed by atoms with Gasteiger partial charge in [0, 0.05) is 24.8 Å². The number of halogens is 1. The van der Waals surface area contributed by atoms with E-state index in [1.165, 1.54) is 16.9 Å². The van der Waals surface area contributed by atoms with Gasteiger partial charge in [0.15, 0.2) is 5.69 Å². The summed E-state index contributed by atoms with van der Waals surface area (Å²) in [5, 5.41) is 15.0. The van der Waals surface area contributed by atoms with E-state index < -0.39 is 0 Å². The molecule has 2 aromatic heterocycles. The lowest BCUT2D eigenvalue weighted by Gasteiger charge is -2.12. The first-order valence-corrected chi connectivity index (χ1v) is 8.49. The average Bonchev–Trinajstić information content (AvgIpc) is 3.28. The van der Waals surface area contributed by atoms with Crippen molar-refractivity contribution in [1.29, 1.82) is 0 Å². The van der Waals surface area contributed by atoms with Gasteiger partial charge in [-0.3, -0.25) is 9.48 Å². The van der Waals surface area contributed by atoms with Crippen LogP contribution in [0.5, 0.6) is 0 Å². The molecule has 0 bridgehead atoms. The lowest BCUT2D eigenvalue weighted by molar-refractivity contribution is 0.0947. The Hall–Kier alpha value is -3.03. The highest BCUT2D eigenvalue weighted by molar-refractivity contribution is 5.91. The second kappa shape index (κ2) is 7.90. The molecule has 1 aromatic carbocycles. The van der Waals surface area contributed by atoms with Gasteiger partial charge < -0.3 is 5.32 Å². The fraction of sp³-hybridized carbons (Fsp3) is 0.333. The van der Waals surface area contributed by atoms with Crippen molar-refractivity contribution < 1.29 is 9.18 Å². The zero-order chi connectivity index (χ0) is 18.5. The van der Waals surface area contributed by atoms with Crippen molar-refractivity contribution in [2.45, 2.75) is 32.9 Å². The SMILES string of the molecule is Cc1ccn(CCCNC(=O)c2cn([C@@H](C)c3ccccc3F)nn2)n1. The number of rotatable bonds is 7. The molecule has 0 aliphatic heterocycles. The van der Waals surface area contributed by atoms with Crippen molar-refractivity contribution >= 4 is 5.91 Å². The van der Waals surface area contributed by atoms with Crippen molar-refractivity contribution in [2.75, 3.05) is 6.54 Å². The minimum atomic E-state index is -0.353. The average molecular weight is 356 g/mol. The van der Waals surface area contributed by atoms with E-state index in [1.807, 2.05) is 23.9 Å². The van der Waals surface area contributed by atoms with Gasteiger partial charge in [-0.2, -0.15) is 5.10 Å². The molecule has 3 rings (SSSR count). The molecule has 26 heavy (non-hydrogen) atoms. The van der Waals surface area contributed by atoms with Crippen LogP contribution < -0.4 is 5.32 Å². The lowest BCUT2D eigenvalue weighted by Crippen LogP contribution is -2.25. The Balaban J connectivity index is 1.53. The third-order valence-electron chi connectivity index (χ3n) is 4.12. The molecule has 8 heteroatoms. The Morgan fingerprint density at radius 1 is 1.31 bits per heavy atom. The van der Waals surface area contributed by atoms with Crippen LogP contribution in [0.4, 0.5) is 4.39 Å². The Morgan fingerprint density at radius 2 is 2.12 bits per heavy atom. The van der Waals surface area contributed by atoms with E-state index >= 15 is 0 Å². The molecule has 1 N–H and O–H groups in total. The molecular formula is C18H21FN6O. The van der Waals surface area contributed by atoms with Crippen molar-refractivity contribution in [1.82, 2.24) is 30.1 Å². The van der Waals surface area contributed by atoms with E-state index in [1.54, 1.807) is 25.1 Å². The van der Waals surface area contributed by atoms with Crippen LogP contribution in [0.15, 0.2) is 42.7 Å². The highest BCUT2D eigenvalue weighted by Gasteiger charge is 2.16. The van der Waals surface area contributed by atoms with Gasteiger partial charge in [0.1, 0.15) is 5.82 Å². The smallest absolute Gasteiger partial charge is 0.273 e. The molecule has 0 saturated carbocycles. The normalized spacial score (nSPS) is 12.1. The maximum absolute atomic E-state index is 13.9. The number of carbonyl (C=O) groups excluding carboxylic acids is 1. The zero-order valence-corrected chi connectivity index (χ0v) is 14.8. The van der Waals surface area contributed by atoms with E-state index in [0.29, 0.717) is 12.1 Å². The van der Waals surface area contributed by atoms with Gasteiger partial charge in [-0.15, -0.1) is 5.10 Å². The summed E-state index contributed by atoms with van der Waals surface area (Å²) in [5.41, 5.74) is 1.68. The third kappa shape index (κ3) is 4.14. The number of aromatic nitrogens is 5. The van der Waals surface area contributed by atoms with Crippen LogP contribution >= 0.6 is 0 Å². The number of hydrogen-bond acceptors (Lipinski definition) is 4. The van der Waals surface area contributed by atoms with E-state index in [-0.39, 0.29) is 23.5 Å². The van der Waals surface area contributed by atoms with E-state index in [9.17, 15) is 9.18 Å². The predicted molar refractivity (Wildman–Crippen MR) is 94.1 cm³/mol. The number of benzene rings is 1. The topological polar surface area (TPSA) is 77.6 Å². The van der Waals surface area contributed by atoms with Gasteiger partial charge in [0.25, 0.3) is 5.91 Å². The van der Waals surface area contributed by atoms with E-state index in [2.05, 4.69) is 20.7 Å². The molecule has 0 aliphatic rings. The molecule has 136 valence electrons. The van der Waals surface area contributed by atoms with Crippen LogP contribution in [-0.4, -0.2) is 37.2 Å². The van der Waals surface area contributed by atoms with Gasteiger partial charge >= 0.3 is 0 Å². The lowest BCUT2D eigenvalue weighted by atomic mass is 10.1. The van der Waals surface area contributed by atoms with E-state index in [4.69, 9.17) is 0 Å². The zero-order valence-electron chi connectivity index (χ0n) is 14.8. The quantitative estimate of drug-likeness (QED) is 0.659. The molecule has 0 unspecified atom stereocenters. The molecule has 2 heterocycles. The number of nitrogens with one attached hydrogen (secondary N) is 1. The first-order valence-electron chi connectivity index (χ1n) is 8.49. The number of nitrogens with zero attached hydrogens (tertiary/aromatic N) is 5. The highest BCUT2D eigenvalue weighted by Crippen LogP contribution is 2.19. The summed E-state index contributed by atoms with van der Waals surface area (Å²) in [6.45, 7) is 4.98. The fourth-order valence-corrected chi connectivity index (χ4v) is 2.65. The van der Waals surface area contributed by atoms with Gasteiger partial charge in [0.2, 0.25) is 0 Å². The minimum absolute atomic E-state index is 0.211. The van der Waals surface area contributed by atoms with Crippen LogP contribution in [0.3, 0.4) is 0 Å². The second-order valence-corrected chi connectivity index (χ2v) is 6.11. The van der Waals surface area contributed by atoms with Gasteiger partial charge in [-0.1, -0.05) is 23.4 Å². The summed E-state index contributed by atoms with van der Waals surface area (Å²) in [7, 11) is 0. The molecule has 1 atom stereocenters. The van der Waals surface area contributed by atoms with Crippen LogP contribution in [-0.2, 0) is 6.54 Å². The Kier molecular flexibility index (Phi) is 5.40. The summed E-state index contributed by atoms with van der Waals surface area (Å²) < 4.78 is 17.2. The predicted octanol–water partition coefficient (Wildman–Crippen LogP) is 2.35. The Bertz CT molecular complexity index is 887. The maximum atomic E-state index is 13.9. The maximum Gasteiger partial charge on any atom is 0.273 e. The molecule has 0 aliphatic carbocycles. The van der Waals surface area contributed by atoms with Crippen LogP contribution in [0.1, 0.15) is 41.1 Å². The standard InChI is InChI=1S/C18H21FN6O/c1-13-8-11-24(22-13)10-5-9-20-18(26)17-12-25(23-21-17)14(2)15-6-3-4-7-16(15)19/h3-4,6-8,11-12,14H,5,9-10H2,1-2H3,(H,20,26)/t14-/m0/s1. The third-order valence-corrected chi connectivity index (χ3v) is 4.12. The molecule has 3 aromatic rings. The molecule has 7 nitrogen and oxygen atoms in total. The van der Waals surface area contributed by atoms with Crippen LogP contribution in [0.25, 0.3) is 0 Å². The fourth-order valence-electron chi connectivity index (χ4n) is 2.65. The summed E-state index contributed by atoms with van der Waals surface area (Å²) in [6, 6.07) is 8.08. The van der Waals surface area contributed by atoms with Crippen LogP contribution in [0, 0.1) is 12.7 Å².